The highest BCUT2D eigenvalue weighted by Gasteiger charge is 2.39. The molecule has 1 saturated carbocycles. The third kappa shape index (κ3) is 3.46. The highest BCUT2D eigenvalue weighted by atomic mass is 16.2. The fourth-order valence-corrected chi connectivity index (χ4v) is 3.17. The maximum Gasteiger partial charge on any atom is 0.241 e. The average Bonchev–Trinajstić information content (AvgIpc) is 3.29. The summed E-state index contributed by atoms with van der Waals surface area (Å²) < 4.78 is 0. The van der Waals surface area contributed by atoms with E-state index in [4.69, 9.17) is 0 Å². The maximum atomic E-state index is 12.7. The normalized spacial score (nSPS) is 25.6. The Bertz CT molecular complexity index is 469. The fourth-order valence-electron chi connectivity index (χ4n) is 3.17. The third-order valence-corrected chi connectivity index (χ3v) is 4.69. The monoisotopic (exact) mass is 286 g/mol. The summed E-state index contributed by atoms with van der Waals surface area (Å²) in [7, 11) is 0. The second-order valence-electron chi connectivity index (χ2n) is 6.44. The van der Waals surface area contributed by atoms with Gasteiger partial charge < -0.3 is 4.90 Å². The molecule has 0 aromatic heterocycles. The topological polar surface area (TPSA) is 32.3 Å². The molecule has 2 aliphatic rings. The summed E-state index contributed by atoms with van der Waals surface area (Å²) in [6, 6.07) is 10.4. The summed E-state index contributed by atoms with van der Waals surface area (Å²) in [5.41, 5.74) is 1.21. The molecule has 1 N–H and O–H groups in total. The molecule has 1 saturated heterocycles. The number of hydrogen-bond donors (Lipinski definition) is 1. The van der Waals surface area contributed by atoms with Crippen molar-refractivity contribution in [2.24, 2.45) is 5.92 Å². The van der Waals surface area contributed by atoms with Crippen LogP contribution in [0.3, 0.4) is 0 Å². The van der Waals surface area contributed by atoms with Crippen LogP contribution in [-0.2, 0) is 4.79 Å². The smallest absolute Gasteiger partial charge is 0.241 e. The van der Waals surface area contributed by atoms with E-state index in [2.05, 4.69) is 41.4 Å². The van der Waals surface area contributed by atoms with E-state index in [1.165, 1.54) is 18.4 Å². The van der Waals surface area contributed by atoms with Gasteiger partial charge in [0, 0.05) is 6.54 Å². The van der Waals surface area contributed by atoms with Gasteiger partial charge in [0.15, 0.2) is 0 Å². The van der Waals surface area contributed by atoms with Crippen molar-refractivity contribution < 1.29 is 4.79 Å². The van der Waals surface area contributed by atoms with Crippen LogP contribution in [0, 0.1) is 5.92 Å². The largest absolute Gasteiger partial charge is 0.322 e. The molecule has 2 atom stereocenters. The van der Waals surface area contributed by atoms with Crippen molar-refractivity contribution in [3.63, 3.8) is 0 Å². The van der Waals surface area contributed by atoms with Crippen molar-refractivity contribution in [2.45, 2.75) is 57.7 Å². The predicted molar refractivity (Wildman–Crippen MR) is 84.7 cm³/mol. The summed E-state index contributed by atoms with van der Waals surface area (Å²) in [6.07, 6.45) is 7.15. The number of rotatable bonds is 7. The standard InChI is InChI=1S/C18H26N2O/c1-2-3-9-16-18(21)20(13-12-14-10-11-14)17(19-16)15-7-5-4-6-8-15/h4-8,14,16-17,19H,2-3,9-13H2,1H3. The van der Waals surface area contributed by atoms with Gasteiger partial charge in [0.05, 0.1) is 6.04 Å². The molecule has 21 heavy (non-hydrogen) atoms. The molecule has 0 bridgehead atoms. The lowest BCUT2D eigenvalue weighted by Crippen LogP contribution is -2.32. The van der Waals surface area contributed by atoms with Crippen LogP contribution in [-0.4, -0.2) is 23.4 Å². The fraction of sp³-hybridized carbons (Fsp3) is 0.611. The van der Waals surface area contributed by atoms with Gasteiger partial charge in [0.25, 0.3) is 0 Å². The zero-order valence-electron chi connectivity index (χ0n) is 12.9. The molecule has 1 aromatic rings. The average molecular weight is 286 g/mol. The van der Waals surface area contributed by atoms with Gasteiger partial charge in [-0.2, -0.15) is 0 Å². The molecule has 0 spiro atoms. The lowest BCUT2D eigenvalue weighted by Gasteiger charge is -2.24. The summed E-state index contributed by atoms with van der Waals surface area (Å²) in [5, 5.41) is 3.56. The minimum absolute atomic E-state index is 0.00867. The Labute approximate surface area is 127 Å². The number of unbranched alkanes of at least 4 members (excludes halogenated alkanes) is 1. The van der Waals surface area contributed by atoms with E-state index < -0.39 is 0 Å². The second kappa shape index (κ2) is 6.61. The van der Waals surface area contributed by atoms with Crippen molar-refractivity contribution in [2.75, 3.05) is 6.54 Å². The van der Waals surface area contributed by atoms with Gasteiger partial charge in [-0.3, -0.25) is 10.1 Å². The number of benzene rings is 1. The van der Waals surface area contributed by atoms with Crippen LogP contribution in [0.2, 0.25) is 0 Å². The molecule has 3 rings (SSSR count). The minimum atomic E-state index is 0.00867. The van der Waals surface area contributed by atoms with Gasteiger partial charge in [-0.25, -0.2) is 0 Å². The van der Waals surface area contributed by atoms with Crippen LogP contribution in [0.25, 0.3) is 0 Å². The second-order valence-corrected chi connectivity index (χ2v) is 6.44. The predicted octanol–water partition coefficient (Wildman–Crippen LogP) is 3.48. The molecule has 3 nitrogen and oxygen atoms in total. The molecule has 2 unspecified atom stereocenters. The van der Waals surface area contributed by atoms with Crippen LogP contribution >= 0.6 is 0 Å². The van der Waals surface area contributed by atoms with Gasteiger partial charge in [-0.15, -0.1) is 0 Å². The number of hydrogen-bond acceptors (Lipinski definition) is 2. The number of carbonyl (C=O) groups excluding carboxylic acids is 1. The molecule has 1 aliphatic carbocycles. The van der Waals surface area contributed by atoms with Crippen LogP contribution in [0.15, 0.2) is 30.3 Å². The molecule has 114 valence electrons. The quantitative estimate of drug-likeness (QED) is 0.832. The van der Waals surface area contributed by atoms with E-state index in [1.807, 2.05) is 6.07 Å². The Hall–Kier alpha value is -1.35. The highest BCUT2D eigenvalue weighted by Crippen LogP contribution is 2.34. The maximum absolute atomic E-state index is 12.7. The Morgan fingerprint density at radius 1 is 1.19 bits per heavy atom. The number of carbonyl (C=O) groups is 1. The van der Waals surface area contributed by atoms with Crippen molar-refractivity contribution in [3.05, 3.63) is 35.9 Å². The summed E-state index contributed by atoms with van der Waals surface area (Å²) in [4.78, 5) is 14.8. The van der Waals surface area contributed by atoms with Crippen LogP contribution in [0.5, 0.6) is 0 Å². The van der Waals surface area contributed by atoms with Gasteiger partial charge in [-0.1, -0.05) is 62.9 Å². The molecular formula is C18H26N2O. The van der Waals surface area contributed by atoms with Crippen molar-refractivity contribution >= 4 is 5.91 Å². The molecule has 2 fully saturated rings. The van der Waals surface area contributed by atoms with E-state index in [9.17, 15) is 4.79 Å². The summed E-state index contributed by atoms with van der Waals surface area (Å²) in [5.74, 6) is 1.17. The number of nitrogens with zero attached hydrogens (tertiary/aromatic N) is 1. The zero-order chi connectivity index (χ0) is 14.7. The first-order chi connectivity index (χ1) is 10.3. The molecule has 1 heterocycles. The van der Waals surface area contributed by atoms with E-state index >= 15 is 0 Å². The van der Waals surface area contributed by atoms with Gasteiger partial charge in [0.2, 0.25) is 5.91 Å². The highest BCUT2D eigenvalue weighted by molar-refractivity contribution is 5.84. The SMILES string of the molecule is CCCCC1NC(c2ccccc2)N(CCC2CC2)C1=O. The Balaban J connectivity index is 1.72. The number of nitrogens with one attached hydrogen (secondary N) is 1. The van der Waals surface area contributed by atoms with Gasteiger partial charge >= 0.3 is 0 Å². The Kier molecular flexibility index (Phi) is 4.59. The van der Waals surface area contributed by atoms with Crippen LogP contribution in [0.4, 0.5) is 0 Å². The third-order valence-electron chi connectivity index (χ3n) is 4.69. The van der Waals surface area contributed by atoms with Crippen LogP contribution in [0.1, 0.15) is 57.2 Å². The van der Waals surface area contributed by atoms with Gasteiger partial charge in [-0.05, 0) is 24.3 Å². The van der Waals surface area contributed by atoms with Crippen LogP contribution < -0.4 is 5.32 Å². The lowest BCUT2D eigenvalue weighted by atomic mass is 10.1. The lowest BCUT2D eigenvalue weighted by molar-refractivity contribution is -0.130. The van der Waals surface area contributed by atoms with Gasteiger partial charge in [0.1, 0.15) is 6.17 Å². The summed E-state index contributed by atoms with van der Waals surface area (Å²) >= 11 is 0. The number of amides is 1. The zero-order valence-corrected chi connectivity index (χ0v) is 12.9. The Morgan fingerprint density at radius 3 is 2.62 bits per heavy atom. The van der Waals surface area contributed by atoms with E-state index in [1.54, 1.807) is 0 Å². The first-order valence-corrected chi connectivity index (χ1v) is 8.41. The first kappa shape index (κ1) is 14.6. The van der Waals surface area contributed by atoms with Crippen molar-refractivity contribution in [1.82, 2.24) is 10.2 Å². The Morgan fingerprint density at radius 2 is 1.95 bits per heavy atom. The van der Waals surface area contributed by atoms with E-state index in [0.29, 0.717) is 5.91 Å². The molecule has 1 amide bonds. The van der Waals surface area contributed by atoms with Crippen molar-refractivity contribution in [1.29, 1.82) is 0 Å². The molecule has 3 heteroatoms. The van der Waals surface area contributed by atoms with Crippen molar-refractivity contribution in [3.8, 4) is 0 Å². The van der Waals surface area contributed by atoms with E-state index in [0.717, 1.165) is 38.1 Å². The molecule has 1 aromatic carbocycles. The molecular weight excluding hydrogens is 260 g/mol. The summed E-state index contributed by atoms with van der Waals surface area (Å²) in [6.45, 7) is 3.08. The molecule has 0 radical (unpaired) electrons. The van der Waals surface area contributed by atoms with E-state index in [-0.39, 0.29) is 12.2 Å². The minimum Gasteiger partial charge on any atom is -0.322 e. The first-order valence-electron chi connectivity index (χ1n) is 8.41. The molecule has 1 aliphatic heterocycles.